The van der Waals surface area contributed by atoms with Crippen LogP contribution in [0.15, 0.2) is 47.7 Å². The van der Waals surface area contributed by atoms with E-state index in [4.69, 9.17) is 0 Å². The predicted octanol–water partition coefficient (Wildman–Crippen LogP) is 1.77. The highest BCUT2D eigenvalue weighted by Gasteiger charge is 2.27. The average molecular weight is 309 g/mol. The molecule has 3 aromatic rings. The quantitative estimate of drug-likeness (QED) is 0.740. The van der Waals surface area contributed by atoms with Gasteiger partial charge in [-0.3, -0.25) is 18.8 Å². The smallest absolute Gasteiger partial charge is 0.258 e. The maximum atomic E-state index is 12.2. The molecule has 0 unspecified atom stereocenters. The van der Waals surface area contributed by atoms with Crippen LogP contribution in [0.2, 0.25) is 0 Å². The molecule has 4 rings (SSSR count). The van der Waals surface area contributed by atoms with Crippen molar-refractivity contribution in [3.8, 4) is 0 Å². The molecule has 6 nitrogen and oxygen atoms in total. The van der Waals surface area contributed by atoms with E-state index in [-0.39, 0.29) is 5.56 Å². The molecule has 4 heterocycles. The van der Waals surface area contributed by atoms with Crippen LogP contribution in [0, 0.1) is 0 Å². The Bertz CT molecular complexity index is 897. The molecule has 0 aliphatic carbocycles. The van der Waals surface area contributed by atoms with Gasteiger partial charge in [-0.05, 0) is 31.5 Å². The molecule has 1 aliphatic heterocycles. The van der Waals surface area contributed by atoms with Gasteiger partial charge in [0, 0.05) is 43.7 Å². The Hall–Kier alpha value is -2.47. The summed E-state index contributed by atoms with van der Waals surface area (Å²) in [4.78, 5) is 19.2. The maximum absolute atomic E-state index is 12.2. The van der Waals surface area contributed by atoms with Gasteiger partial charge in [0.1, 0.15) is 5.65 Å². The van der Waals surface area contributed by atoms with Crippen molar-refractivity contribution in [1.82, 2.24) is 24.1 Å². The van der Waals surface area contributed by atoms with E-state index >= 15 is 0 Å². The summed E-state index contributed by atoms with van der Waals surface area (Å²) in [7, 11) is 1.94. The maximum Gasteiger partial charge on any atom is 0.258 e. The summed E-state index contributed by atoms with van der Waals surface area (Å²) < 4.78 is 3.42. The molecule has 3 aromatic heterocycles. The van der Waals surface area contributed by atoms with Gasteiger partial charge >= 0.3 is 0 Å². The molecule has 0 radical (unpaired) electrons. The van der Waals surface area contributed by atoms with Crippen molar-refractivity contribution in [3.63, 3.8) is 0 Å². The highest BCUT2D eigenvalue weighted by Crippen LogP contribution is 2.32. The zero-order valence-electron chi connectivity index (χ0n) is 13.1. The third kappa shape index (κ3) is 2.66. The monoisotopic (exact) mass is 309 g/mol. The number of nitrogens with zero attached hydrogens (tertiary/aromatic N) is 5. The molecule has 0 saturated carbocycles. The van der Waals surface area contributed by atoms with Crippen LogP contribution in [0.25, 0.3) is 5.65 Å². The molecule has 0 amide bonds. The Kier molecular flexibility index (Phi) is 3.46. The summed E-state index contributed by atoms with van der Waals surface area (Å²) in [6.07, 6.45) is 8.05. The highest BCUT2D eigenvalue weighted by molar-refractivity contribution is 5.38. The molecular weight excluding hydrogens is 290 g/mol. The summed E-state index contributed by atoms with van der Waals surface area (Å²) >= 11 is 0. The second-order valence-corrected chi connectivity index (χ2v) is 6.09. The average Bonchev–Trinajstić information content (AvgIpc) is 3.16. The lowest BCUT2D eigenvalue weighted by molar-refractivity contribution is 0.245. The van der Waals surface area contributed by atoms with E-state index in [9.17, 15) is 4.79 Å². The minimum Gasteiger partial charge on any atom is -0.290 e. The van der Waals surface area contributed by atoms with Crippen molar-refractivity contribution in [1.29, 1.82) is 0 Å². The Morgan fingerprint density at radius 3 is 3.09 bits per heavy atom. The van der Waals surface area contributed by atoms with E-state index in [1.165, 1.54) is 5.56 Å². The number of aromatic nitrogens is 4. The zero-order chi connectivity index (χ0) is 15.8. The first-order chi connectivity index (χ1) is 11.2. The molecule has 6 heteroatoms. The number of aryl methyl sites for hydroxylation is 1. The SMILES string of the molecule is Cn1cc([C@@H]2CCCN2Cc2cc(=O)n3ccccc3n2)cn1. The zero-order valence-corrected chi connectivity index (χ0v) is 13.1. The number of likely N-dealkylation sites (tertiary alicyclic amines) is 1. The Balaban J connectivity index is 1.63. The number of hydrogen-bond acceptors (Lipinski definition) is 4. The Morgan fingerprint density at radius 1 is 1.35 bits per heavy atom. The van der Waals surface area contributed by atoms with Crippen molar-refractivity contribution in [2.24, 2.45) is 7.05 Å². The minimum atomic E-state index is -0.0253. The van der Waals surface area contributed by atoms with Gasteiger partial charge in [0.2, 0.25) is 0 Å². The predicted molar refractivity (Wildman–Crippen MR) is 87.1 cm³/mol. The second kappa shape index (κ2) is 5.62. The molecule has 1 saturated heterocycles. The number of fused-ring (bicyclic) bond motifs is 1. The summed E-state index contributed by atoms with van der Waals surface area (Å²) in [5.41, 5.74) is 2.74. The summed E-state index contributed by atoms with van der Waals surface area (Å²) in [5, 5.41) is 4.28. The first-order valence-corrected chi connectivity index (χ1v) is 7.90. The molecule has 0 spiro atoms. The topological polar surface area (TPSA) is 55.4 Å². The lowest BCUT2D eigenvalue weighted by Gasteiger charge is -2.23. The van der Waals surface area contributed by atoms with E-state index in [2.05, 4.69) is 21.2 Å². The lowest BCUT2D eigenvalue weighted by Crippen LogP contribution is -2.25. The van der Waals surface area contributed by atoms with Gasteiger partial charge < -0.3 is 0 Å². The van der Waals surface area contributed by atoms with E-state index in [0.29, 0.717) is 18.2 Å². The third-order valence-corrected chi connectivity index (χ3v) is 4.46. The first kappa shape index (κ1) is 14.1. The van der Waals surface area contributed by atoms with Gasteiger partial charge in [-0.25, -0.2) is 4.98 Å². The number of hydrogen-bond donors (Lipinski definition) is 0. The van der Waals surface area contributed by atoms with Crippen LogP contribution < -0.4 is 5.56 Å². The van der Waals surface area contributed by atoms with E-state index in [1.807, 2.05) is 36.1 Å². The van der Waals surface area contributed by atoms with Gasteiger partial charge in [0.05, 0.1) is 11.9 Å². The molecular formula is C17H19N5O. The number of pyridine rings is 1. The molecule has 0 aromatic carbocycles. The third-order valence-electron chi connectivity index (χ3n) is 4.46. The fraction of sp³-hybridized carbons (Fsp3) is 0.353. The number of rotatable bonds is 3. The van der Waals surface area contributed by atoms with Crippen LogP contribution in [-0.4, -0.2) is 30.6 Å². The largest absolute Gasteiger partial charge is 0.290 e. The van der Waals surface area contributed by atoms with Crippen LogP contribution in [0.4, 0.5) is 0 Å². The van der Waals surface area contributed by atoms with Crippen molar-refractivity contribution >= 4 is 5.65 Å². The fourth-order valence-corrected chi connectivity index (χ4v) is 3.40. The van der Waals surface area contributed by atoms with Gasteiger partial charge in [0.15, 0.2) is 0 Å². The molecule has 1 atom stereocenters. The van der Waals surface area contributed by atoms with Crippen LogP contribution in [0.5, 0.6) is 0 Å². The van der Waals surface area contributed by atoms with Crippen molar-refractivity contribution in [3.05, 3.63) is 64.5 Å². The summed E-state index contributed by atoms with van der Waals surface area (Å²) in [6, 6.07) is 7.62. The van der Waals surface area contributed by atoms with Gasteiger partial charge in [-0.15, -0.1) is 0 Å². The fourth-order valence-electron chi connectivity index (χ4n) is 3.40. The van der Waals surface area contributed by atoms with E-state index in [0.717, 1.165) is 25.1 Å². The van der Waals surface area contributed by atoms with Crippen LogP contribution in [-0.2, 0) is 13.6 Å². The van der Waals surface area contributed by atoms with E-state index < -0.39 is 0 Å². The van der Waals surface area contributed by atoms with Crippen molar-refractivity contribution < 1.29 is 0 Å². The Labute approximate surface area is 134 Å². The summed E-state index contributed by atoms with van der Waals surface area (Å²) in [5.74, 6) is 0. The second-order valence-electron chi connectivity index (χ2n) is 6.09. The summed E-state index contributed by atoms with van der Waals surface area (Å²) in [6.45, 7) is 1.72. The molecule has 0 bridgehead atoms. The van der Waals surface area contributed by atoms with E-state index in [1.54, 1.807) is 16.7 Å². The molecule has 1 fully saturated rings. The van der Waals surface area contributed by atoms with Crippen LogP contribution >= 0.6 is 0 Å². The van der Waals surface area contributed by atoms with Gasteiger partial charge in [0.25, 0.3) is 5.56 Å². The molecule has 23 heavy (non-hydrogen) atoms. The van der Waals surface area contributed by atoms with Crippen LogP contribution in [0.3, 0.4) is 0 Å². The Morgan fingerprint density at radius 2 is 2.26 bits per heavy atom. The van der Waals surface area contributed by atoms with Gasteiger partial charge in [-0.1, -0.05) is 6.07 Å². The molecule has 118 valence electrons. The first-order valence-electron chi connectivity index (χ1n) is 7.90. The molecule has 1 aliphatic rings. The van der Waals surface area contributed by atoms with Gasteiger partial charge in [-0.2, -0.15) is 5.10 Å². The highest BCUT2D eigenvalue weighted by atomic mass is 16.1. The minimum absolute atomic E-state index is 0.0253. The lowest BCUT2D eigenvalue weighted by atomic mass is 10.1. The van der Waals surface area contributed by atoms with Crippen LogP contribution in [0.1, 0.15) is 30.1 Å². The normalized spacial score (nSPS) is 18.7. The van der Waals surface area contributed by atoms with Crippen molar-refractivity contribution in [2.75, 3.05) is 6.54 Å². The molecule has 0 N–H and O–H groups in total. The van der Waals surface area contributed by atoms with Crippen molar-refractivity contribution in [2.45, 2.75) is 25.4 Å². The standard InChI is InChI=1S/C17H19N5O/c1-20-11-13(10-18-20)15-5-4-7-21(15)12-14-9-17(23)22-8-3-2-6-16(22)19-14/h2-3,6,8-11,15H,4-5,7,12H2,1H3/t15-/m0/s1.